The third kappa shape index (κ3) is 7.75. The van der Waals surface area contributed by atoms with Crippen molar-refractivity contribution in [2.45, 2.75) is 64.7 Å². The monoisotopic (exact) mass is 457 g/mol. The highest BCUT2D eigenvalue weighted by Crippen LogP contribution is 2.28. The van der Waals surface area contributed by atoms with E-state index in [1.54, 1.807) is 32.9 Å². The topological polar surface area (TPSA) is 87.3 Å². The number of halogens is 1. The Morgan fingerprint density at radius 2 is 1.87 bits per heavy atom. The molecule has 1 amide bonds. The fourth-order valence-electron chi connectivity index (χ4n) is 3.56. The van der Waals surface area contributed by atoms with Crippen molar-refractivity contribution in [2.75, 3.05) is 25.0 Å². The summed E-state index contributed by atoms with van der Waals surface area (Å²) in [6, 6.07) is 4.94. The maximum Gasteiger partial charge on any atom is 0.242 e. The van der Waals surface area contributed by atoms with Gasteiger partial charge in [0, 0.05) is 30.7 Å². The van der Waals surface area contributed by atoms with E-state index in [9.17, 15) is 13.2 Å². The number of nitrogens with one attached hydrogen (secondary N) is 3. The standard InChI is InChI=1S/C22H36ClN3O3S/c1-16-6-5-7-17(9-8-16)15-25-18-10-11-20(19(23)14-18)30(28,29)26-13-12-24-21(27)22(2,3)4/h10-11,14,16-17,25-26H,5-9,12-13,15H2,1-4H3,(H,24,27). The molecule has 0 heterocycles. The largest absolute Gasteiger partial charge is 0.385 e. The van der Waals surface area contributed by atoms with Crippen molar-refractivity contribution in [1.82, 2.24) is 10.0 Å². The van der Waals surface area contributed by atoms with E-state index >= 15 is 0 Å². The van der Waals surface area contributed by atoms with E-state index in [2.05, 4.69) is 22.3 Å². The first-order valence-electron chi connectivity index (χ1n) is 10.8. The van der Waals surface area contributed by atoms with E-state index < -0.39 is 15.4 Å². The van der Waals surface area contributed by atoms with Crippen LogP contribution in [0.25, 0.3) is 0 Å². The third-order valence-electron chi connectivity index (χ3n) is 5.58. The molecule has 1 aliphatic carbocycles. The summed E-state index contributed by atoms with van der Waals surface area (Å²) >= 11 is 6.27. The number of carbonyl (C=O) groups is 1. The number of benzene rings is 1. The van der Waals surface area contributed by atoms with Crippen LogP contribution in [0.2, 0.25) is 5.02 Å². The third-order valence-corrected chi connectivity index (χ3v) is 7.52. The average molecular weight is 458 g/mol. The lowest BCUT2D eigenvalue weighted by atomic mass is 9.96. The van der Waals surface area contributed by atoms with Crippen LogP contribution in [0.5, 0.6) is 0 Å². The number of hydrogen-bond acceptors (Lipinski definition) is 4. The Hall–Kier alpha value is -1.31. The van der Waals surface area contributed by atoms with Crippen LogP contribution in [0.1, 0.15) is 59.8 Å². The highest BCUT2D eigenvalue weighted by Gasteiger charge is 2.22. The number of sulfonamides is 1. The lowest BCUT2D eigenvalue weighted by molar-refractivity contribution is -0.128. The Kier molecular flexibility index (Phi) is 9.00. The van der Waals surface area contributed by atoms with Crippen molar-refractivity contribution in [3.05, 3.63) is 23.2 Å². The maximum atomic E-state index is 12.6. The SMILES string of the molecule is CC1CCCC(CNc2ccc(S(=O)(=O)NCCNC(=O)C(C)(C)C)c(Cl)c2)CC1. The zero-order valence-corrected chi connectivity index (χ0v) is 20.1. The molecule has 1 fully saturated rings. The number of hydrogen-bond donors (Lipinski definition) is 3. The second-order valence-electron chi connectivity index (χ2n) is 9.41. The molecule has 1 aromatic carbocycles. The highest BCUT2D eigenvalue weighted by molar-refractivity contribution is 7.89. The molecule has 0 aliphatic heterocycles. The van der Waals surface area contributed by atoms with Gasteiger partial charge in [0.05, 0.1) is 5.02 Å². The molecule has 0 radical (unpaired) electrons. The summed E-state index contributed by atoms with van der Waals surface area (Å²) in [4.78, 5) is 11.9. The molecular formula is C22H36ClN3O3S. The van der Waals surface area contributed by atoms with Crippen LogP contribution in [-0.2, 0) is 14.8 Å². The van der Waals surface area contributed by atoms with Gasteiger partial charge in [0.1, 0.15) is 4.90 Å². The first-order chi connectivity index (χ1) is 14.0. The normalized spacial score (nSPS) is 20.4. The predicted molar refractivity (Wildman–Crippen MR) is 123 cm³/mol. The zero-order chi connectivity index (χ0) is 22.4. The molecule has 0 saturated heterocycles. The molecule has 3 N–H and O–H groups in total. The van der Waals surface area contributed by atoms with Crippen LogP contribution in [0, 0.1) is 17.3 Å². The molecule has 1 aromatic rings. The van der Waals surface area contributed by atoms with Crippen molar-refractivity contribution in [1.29, 1.82) is 0 Å². The summed E-state index contributed by atoms with van der Waals surface area (Å²) in [7, 11) is -3.75. The Morgan fingerprint density at radius 3 is 2.53 bits per heavy atom. The Balaban J connectivity index is 1.87. The van der Waals surface area contributed by atoms with Crippen LogP contribution in [0.15, 0.2) is 23.1 Å². The van der Waals surface area contributed by atoms with Crippen molar-refractivity contribution in [3.63, 3.8) is 0 Å². The van der Waals surface area contributed by atoms with Crippen molar-refractivity contribution in [2.24, 2.45) is 17.3 Å². The second kappa shape index (κ2) is 10.8. The van der Waals surface area contributed by atoms with Gasteiger partial charge in [0.25, 0.3) is 0 Å². The summed E-state index contributed by atoms with van der Waals surface area (Å²) in [6.45, 7) is 8.92. The first-order valence-corrected chi connectivity index (χ1v) is 12.7. The van der Waals surface area contributed by atoms with Gasteiger partial charge in [-0.3, -0.25) is 4.79 Å². The zero-order valence-electron chi connectivity index (χ0n) is 18.6. The molecule has 0 aromatic heterocycles. The van der Waals surface area contributed by atoms with Gasteiger partial charge in [-0.1, -0.05) is 58.6 Å². The highest BCUT2D eigenvalue weighted by atomic mass is 35.5. The van der Waals surface area contributed by atoms with Gasteiger partial charge < -0.3 is 10.6 Å². The smallest absolute Gasteiger partial charge is 0.242 e. The van der Waals surface area contributed by atoms with Crippen LogP contribution in [0.3, 0.4) is 0 Å². The summed E-state index contributed by atoms with van der Waals surface area (Å²) < 4.78 is 27.6. The number of anilines is 1. The molecule has 2 atom stereocenters. The van der Waals surface area contributed by atoms with E-state index in [0.29, 0.717) is 5.92 Å². The van der Waals surface area contributed by atoms with E-state index in [0.717, 1.165) is 18.2 Å². The van der Waals surface area contributed by atoms with E-state index in [4.69, 9.17) is 11.6 Å². The quantitative estimate of drug-likeness (QED) is 0.398. The van der Waals surface area contributed by atoms with Gasteiger partial charge >= 0.3 is 0 Å². The molecule has 0 bridgehead atoms. The second-order valence-corrected chi connectivity index (χ2v) is 11.6. The van der Waals surface area contributed by atoms with Gasteiger partial charge in [-0.15, -0.1) is 0 Å². The lowest BCUT2D eigenvalue weighted by Crippen LogP contribution is -2.39. The fraction of sp³-hybridized carbons (Fsp3) is 0.682. The minimum Gasteiger partial charge on any atom is -0.385 e. The average Bonchev–Trinajstić information content (AvgIpc) is 2.86. The summed E-state index contributed by atoms with van der Waals surface area (Å²) in [5.41, 5.74) is 0.314. The molecule has 1 saturated carbocycles. The van der Waals surface area contributed by atoms with Gasteiger partial charge in [-0.2, -0.15) is 0 Å². The molecule has 1 aliphatic rings. The predicted octanol–water partition coefficient (Wildman–Crippen LogP) is 4.41. The van der Waals surface area contributed by atoms with Crippen LogP contribution in [-0.4, -0.2) is 34.0 Å². The molecule has 8 heteroatoms. The summed E-state index contributed by atoms with van der Waals surface area (Å²) in [6.07, 6.45) is 6.30. The van der Waals surface area contributed by atoms with Gasteiger partial charge in [-0.05, 0) is 42.9 Å². The number of rotatable bonds is 8. The Bertz CT molecular complexity index is 821. The van der Waals surface area contributed by atoms with Crippen molar-refractivity contribution >= 4 is 33.2 Å². The fourth-order valence-corrected chi connectivity index (χ4v) is 5.14. The Morgan fingerprint density at radius 1 is 1.13 bits per heavy atom. The van der Waals surface area contributed by atoms with Gasteiger partial charge in [0.15, 0.2) is 0 Å². The minimum absolute atomic E-state index is 0.0418. The molecule has 30 heavy (non-hydrogen) atoms. The van der Waals surface area contributed by atoms with Crippen LogP contribution < -0.4 is 15.4 Å². The minimum atomic E-state index is -3.75. The van der Waals surface area contributed by atoms with E-state index in [-0.39, 0.29) is 28.9 Å². The number of amides is 1. The maximum absolute atomic E-state index is 12.6. The summed E-state index contributed by atoms with van der Waals surface area (Å²) in [5.74, 6) is 1.32. The van der Waals surface area contributed by atoms with Crippen LogP contribution >= 0.6 is 11.6 Å². The summed E-state index contributed by atoms with van der Waals surface area (Å²) in [5, 5.41) is 6.31. The van der Waals surface area contributed by atoms with E-state index in [1.165, 1.54) is 38.2 Å². The van der Waals surface area contributed by atoms with Crippen molar-refractivity contribution < 1.29 is 13.2 Å². The molecule has 2 rings (SSSR count). The Labute approximate surface area is 186 Å². The molecule has 170 valence electrons. The molecule has 0 spiro atoms. The van der Waals surface area contributed by atoms with Crippen molar-refractivity contribution in [3.8, 4) is 0 Å². The van der Waals surface area contributed by atoms with Gasteiger partial charge in [0.2, 0.25) is 15.9 Å². The molecular weight excluding hydrogens is 422 g/mol. The van der Waals surface area contributed by atoms with Crippen LogP contribution in [0.4, 0.5) is 5.69 Å². The molecule has 6 nitrogen and oxygen atoms in total. The lowest BCUT2D eigenvalue weighted by Gasteiger charge is -2.18. The van der Waals surface area contributed by atoms with E-state index in [1.807, 2.05) is 0 Å². The molecule has 2 unspecified atom stereocenters. The first kappa shape index (κ1) is 25.0. The van der Waals surface area contributed by atoms with Gasteiger partial charge in [-0.25, -0.2) is 13.1 Å². The number of carbonyl (C=O) groups excluding carboxylic acids is 1.